The van der Waals surface area contributed by atoms with Crippen molar-refractivity contribution in [3.63, 3.8) is 0 Å². The van der Waals surface area contributed by atoms with Crippen LogP contribution < -0.4 is 10.1 Å². The lowest BCUT2D eigenvalue weighted by atomic mass is 9.95. The maximum Gasteiger partial charge on any atom is 0.391 e. The highest BCUT2D eigenvalue weighted by atomic mass is 19.4. The molecule has 1 aliphatic rings. The molecule has 1 amide bonds. The molecule has 2 unspecified atom stereocenters. The zero-order valence-electron chi connectivity index (χ0n) is 11.4. The van der Waals surface area contributed by atoms with E-state index >= 15 is 0 Å². The summed E-state index contributed by atoms with van der Waals surface area (Å²) in [4.78, 5) is 22.8. The summed E-state index contributed by atoms with van der Waals surface area (Å²) in [5.74, 6) is -2.57. The molecule has 0 fully saturated rings. The molecule has 22 heavy (non-hydrogen) atoms. The third-order valence-corrected chi connectivity index (χ3v) is 3.30. The molecule has 0 saturated carbocycles. The lowest BCUT2D eigenvalue weighted by molar-refractivity contribution is -0.160. The van der Waals surface area contributed by atoms with Crippen LogP contribution in [0.15, 0.2) is 24.3 Å². The van der Waals surface area contributed by atoms with Crippen LogP contribution in [0, 0.1) is 5.92 Å². The Morgan fingerprint density at radius 3 is 2.68 bits per heavy atom. The summed E-state index contributed by atoms with van der Waals surface area (Å²) in [7, 11) is 0. The summed E-state index contributed by atoms with van der Waals surface area (Å²) in [6, 6.07) is 5.01. The van der Waals surface area contributed by atoms with E-state index in [1.165, 1.54) is 0 Å². The molecular weight excluding hydrogens is 303 g/mol. The second kappa shape index (κ2) is 6.25. The maximum atomic E-state index is 12.3. The highest BCUT2D eigenvalue weighted by molar-refractivity contribution is 5.85. The van der Waals surface area contributed by atoms with E-state index in [0.29, 0.717) is 12.2 Å². The van der Waals surface area contributed by atoms with Crippen LogP contribution in [0.1, 0.15) is 12.0 Å². The number of rotatable bonds is 4. The number of benzene rings is 1. The number of carboxylic acids is 1. The van der Waals surface area contributed by atoms with Gasteiger partial charge < -0.3 is 15.2 Å². The lowest BCUT2D eigenvalue weighted by Gasteiger charge is -2.26. The SMILES string of the molecule is O=C(NC(CC(F)(F)F)C(=O)O)C1COc2ccccc2C1. The third-order valence-electron chi connectivity index (χ3n) is 3.30. The van der Waals surface area contributed by atoms with Crippen molar-refractivity contribution in [3.05, 3.63) is 29.8 Å². The quantitative estimate of drug-likeness (QED) is 0.887. The fraction of sp³-hybridized carbons (Fsp3) is 0.429. The maximum absolute atomic E-state index is 12.3. The highest BCUT2D eigenvalue weighted by Crippen LogP contribution is 2.27. The predicted molar refractivity (Wildman–Crippen MR) is 69.4 cm³/mol. The summed E-state index contributed by atoms with van der Waals surface area (Å²) in [6.45, 7) is 0.00119. The number of hydrogen-bond donors (Lipinski definition) is 2. The molecule has 1 aromatic carbocycles. The van der Waals surface area contributed by atoms with Gasteiger partial charge in [0, 0.05) is 0 Å². The predicted octanol–water partition coefficient (Wildman–Crippen LogP) is 1.76. The standard InChI is InChI=1S/C14H14F3NO4/c15-14(16,17)6-10(13(20)21)18-12(19)9-5-8-3-1-2-4-11(8)22-7-9/h1-4,9-10H,5-7H2,(H,18,19)(H,20,21). The van der Waals surface area contributed by atoms with E-state index in [-0.39, 0.29) is 6.61 Å². The van der Waals surface area contributed by atoms with Gasteiger partial charge in [0.05, 0.1) is 12.3 Å². The fourth-order valence-corrected chi connectivity index (χ4v) is 2.22. The Hall–Kier alpha value is -2.25. The van der Waals surface area contributed by atoms with Gasteiger partial charge in [-0.1, -0.05) is 18.2 Å². The molecule has 0 saturated heterocycles. The molecule has 120 valence electrons. The number of para-hydroxylation sites is 1. The summed E-state index contributed by atoms with van der Waals surface area (Å²) < 4.78 is 42.3. The van der Waals surface area contributed by atoms with Gasteiger partial charge in [0.2, 0.25) is 5.91 Å². The van der Waals surface area contributed by atoms with E-state index in [0.717, 1.165) is 5.56 Å². The first-order valence-electron chi connectivity index (χ1n) is 6.57. The number of carboxylic acid groups (broad SMARTS) is 1. The van der Waals surface area contributed by atoms with Crippen molar-refractivity contribution in [2.45, 2.75) is 25.1 Å². The highest BCUT2D eigenvalue weighted by Gasteiger charge is 2.37. The van der Waals surface area contributed by atoms with Crippen molar-refractivity contribution in [1.29, 1.82) is 0 Å². The molecule has 0 bridgehead atoms. The Labute approximate surface area is 124 Å². The Morgan fingerprint density at radius 1 is 1.36 bits per heavy atom. The van der Waals surface area contributed by atoms with Gasteiger partial charge in [0.15, 0.2) is 0 Å². The van der Waals surface area contributed by atoms with E-state index in [4.69, 9.17) is 9.84 Å². The van der Waals surface area contributed by atoms with Gasteiger partial charge in [-0.25, -0.2) is 4.79 Å². The number of fused-ring (bicyclic) bond motifs is 1. The zero-order valence-corrected chi connectivity index (χ0v) is 11.4. The van der Waals surface area contributed by atoms with E-state index < -0.39 is 36.4 Å². The Bertz CT molecular complexity index is 573. The Balaban J connectivity index is 2.01. The second-order valence-corrected chi connectivity index (χ2v) is 5.04. The molecular formula is C14H14F3NO4. The topological polar surface area (TPSA) is 75.6 Å². The minimum atomic E-state index is -4.67. The molecule has 5 nitrogen and oxygen atoms in total. The first-order valence-corrected chi connectivity index (χ1v) is 6.57. The molecule has 1 aromatic rings. The Kier molecular flexibility index (Phi) is 4.58. The minimum absolute atomic E-state index is 0.00119. The Morgan fingerprint density at radius 2 is 2.05 bits per heavy atom. The number of carbonyl (C=O) groups excluding carboxylic acids is 1. The molecule has 1 heterocycles. The molecule has 8 heteroatoms. The molecule has 0 radical (unpaired) electrons. The van der Waals surface area contributed by atoms with Crippen LogP contribution in [0.25, 0.3) is 0 Å². The van der Waals surface area contributed by atoms with Crippen LogP contribution in [-0.2, 0) is 16.0 Å². The van der Waals surface area contributed by atoms with E-state index in [1.54, 1.807) is 24.3 Å². The van der Waals surface area contributed by atoms with Crippen molar-refractivity contribution in [3.8, 4) is 5.75 Å². The van der Waals surface area contributed by atoms with Crippen molar-refractivity contribution in [1.82, 2.24) is 5.32 Å². The molecule has 2 atom stereocenters. The van der Waals surface area contributed by atoms with Gasteiger partial charge in [0.25, 0.3) is 0 Å². The summed E-state index contributed by atoms with van der Waals surface area (Å²) in [6.07, 6.45) is -6.00. The number of ether oxygens (including phenoxy) is 1. The zero-order chi connectivity index (χ0) is 16.3. The largest absolute Gasteiger partial charge is 0.492 e. The average molecular weight is 317 g/mol. The smallest absolute Gasteiger partial charge is 0.391 e. The van der Waals surface area contributed by atoms with Crippen molar-refractivity contribution in [2.75, 3.05) is 6.61 Å². The second-order valence-electron chi connectivity index (χ2n) is 5.04. The van der Waals surface area contributed by atoms with Gasteiger partial charge in [0.1, 0.15) is 18.4 Å². The molecule has 0 aliphatic carbocycles. The molecule has 2 N–H and O–H groups in total. The van der Waals surface area contributed by atoms with Gasteiger partial charge >= 0.3 is 12.1 Å². The van der Waals surface area contributed by atoms with Crippen LogP contribution in [0.5, 0.6) is 5.75 Å². The van der Waals surface area contributed by atoms with Crippen LogP contribution in [0.2, 0.25) is 0 Å². The average Bonchev–Trinajstić information content (AvgIpc) is 2.44. The number of hydrogen-bond acceptors (Lipinski definition) is 3. The number of aliphatic carboxylic acids is 1. The number of halogens is 3. The van der Waals surface area contributed by atoms with E-state index in [1.807, 2.05) is 5.32 Å². The number of carbonyl (C=O) groups is 2. The van der Waals surface area contributed by atoms with Gasteiger partial charge in [-0.3, -0.25) is 4.79 Å². The molecule has 0 aromatic heterocycles. The third kappa shape index (κ3) is 4.12. The van der Waals surface area contributed by atoms with Crippen molar-refractivity contribution >= 4 is 11.9 Å². The number of nitrogens with one attached hydrogen (secondary N) is 1. The van der Waals surface area contributed by atoms with Gasteiger partial charge in [-0.2, -0.15) is 13.2 Å². The normalized spacial score (nSPS) is 18.8. The van der Waals surface area contributed by atoms with Gasteiger partial charge in [-0.15, -0.1) is 0 Å². The minimum Gasteiger partial charge on any atom is -0.492 e. The monoisotopic (exact) mass is 317 g/mol. The van der Waals surface area contributed by atoms with Crippen LogP contribution >= 0.6 is 0 Å². The summed E-state index contributed by atoms with van der Waals surface area (Å²) in [5.41, 5.74) is 0.761. The summed E-state index contributed by atoms with van der Waals surface area (Å²) in [5, 5.41) is 10.7. The fourth-order valence-electron chi connectivity index (χ4n) is 2.22. The molecule has 1 aliphatic heterocycles. The van der Waals surface area contributed by atoms with Crippen molar-refractivity contribution in [2.24, 2.45) is 5.92 Å². The van der Waals surface area contributed by atoms with E-state index in [2.05, 4.69) is 0 Å². The first-order chi connectivity index (χ1) is 10.3. The number of amides is 1. The van der Waals surface area contributed by atoms with Crippen LogP contribution in [-0.4, -0.2) is 35.8 Å². The van der Waals surface area contributed by atoms with Crippen LogP contribution in [0.3, 0.4) is 0 Å². The van der Waals surface area contributed by atoms with Crippen molar-refractivity contribution < 1.29 is 32.6 Å². The van der Waals surface area contributed by atoms with Crippen LogP contribution in [0.4, 0.5) is 13.2 Å². The summed E-state index contributed by atoms with van der Waals surface area (Å²) >= 11 is 0. The lowest BCUT2D eigenvalue weighted by Crippen LogP contribution is -2.47. The first kappa shape index (κ1) is 16.1. The van der Waals surface area contributed by atoms with Gasteiger partial charge in [-0.05, 0) is 18.1 Å². The molecule has 2 rings (SSSR count). The molecule has 0 spiro atoms. The number of alkyl halides is 3. The van der Waals surface area contributed by atoms with E-state index in [9.17, 15) is 22.8 Å².